The molecule has 1 aromatic carbocycles. The van der Waals surface area contributed by atoms with Crippen LogP contribution in [-0.2, 0) is 0 Å². The van der Waals surface area contributed by atoms with Crippen molar-refractivity contribution in [2.24, 2.45) is 5.73 Å². The topological polar surface area (TPSA) is 67.6 Å². The van der Waals surface area contributed by atoms with Gasteiger partial charge in [-0.3, -0.25) is 0 Å². The van der Waals surface area contributed by atoms with Gasteiger partial charge in [0.15, 0.2) is 0 Å². The Bertz CT molecular complexity index is 389. The number of hydrogen-bond donors (Lipinski definition) is 2. The van der Waals surface area contributed by atoms with Crippen LogP contribution in [0.3, 0.4) is 0 Å². The van der Waals surface area contributed by atoms with E-state index in [4.69, 9.17) is 10.5 Å². The number of urea groups is 1. The van der Waals surface area contributed by atoms with Gasteiger partial charge in [0, 0.05) is 25.7 Å². The number of nitrogens with two attached hydrogens (primary N) is 1. The first-order valence-corrected chi connectivity index (χ1v) is 6.71. The van der Waals surface area contributed by atoms with Crippen LogP contribution in [-0.4, -0.2) is 43.2 Å². The average molecular weight is 263 g/mol. The second kappa shape index (κ2) is 6.99. The fourth-order valence-corrected chi connectivity index (χ4v) is 2.25. The van der Waals surface area contributed by atoms with Crippen LogP contribution in [0.25, 0.3) is 0 Å². The molecule has 0 radical (unpaired) electrons. The number of rotatable bonds is 5. The molecule has 104 valence electrons. The Balaban J connectivity index is 1.58. The lowest BCUT2D eigenvalue weighted by Crippen LogP contribution is -2.47. The lowest BCUT2D eigenvalue weighted by Gasteiger charge is -2.31. The molecule has 1 heterocycles. The summed E-state index contributed by atoms with van der Waals surface area (Å²) in [6.45, 7) is 2.95. The standard InChI is InChI=1S/C14H21N3O2/c15-14(18)17-9-6-12(7-10-17)16-8-11-19-13-4-2-1-3-5-13/h1-5,12,16H,6-11H2,(H2,15,18). The van der Waals surface area contributed by atoms with Gasteiger partial charge in [-0.15, -0.1) is 0 Å². The smallest absolute Gasteiger partial charge is 0.314 e. The molecule has 1 aliphatic heterocycles. The van der Waals surface area contributed by atoms with Crippen LogP contribution in [0.2, 0.25) is 0 Å². The molecule has 1 fully saturated rings. The van der Waals surface area contributed by atoms with Crippen molar-refractivity contribution in [3.8, 4) is 5.75 Å². The van der Waals surface area contributed by atoms with Crippen molar-refractivity contribution in [2.75, 3.05) is 26.2 Å². The summed E-state index contributed by atoms with van der Waals surface area (Å²) >= 11 is 0. The highest BCUT2D eigenvalue weighted by molar-refractivity contribution is 5.72. The molecule has 1 aliphatic rings. The van der Waals surface area contributed by atoms with Gasteiger partial charge < -0.3 is 20.7 Å². The first kappa shape index (κ1) is 13.7. The molecule has 0 saturated carbocycles. The second-order valence-corrected chi connectivity index (χ2v) is 4.72. The van der Waals surface area contributed by atoms with Crippen molar-refractivity contribution >= 4 is 6.03 Å². The Morgan fingerprint density at radius 2 is 2.00 bits per heavy atom. The molecule has 0 aromatic heterocycles. The predicted octanol–water partition coefficient (Wildman–Crippen LogP) is 1.20. The maximum atomic E-state index is 11.0. The van der Waals surface area contributed by atoms with Crippen molar-refractivity contribution in [2.45, 2.75) is 18.9 Å². The highest BCUT2D eigenvalue weighted by Gasteiger charge is 2.20. The number of benzene rings is 1. The van der Waals surface area contributed by atoms with Crippen molar-refractivity contribution in [3.63, 3.8) is 0 Å². The van der Waals surface area contributed by atoms with Crippen LogP contribution >= 0.6 is 0 Å². The Hall–Kier alpha value is -1.75. The number of ether oxygens (including phenoxy) is 1. The summed E-state index contributed by atoms with van der Waals surface area (Å²) in [4.78, 5) is 12.7. The molecule has 5 nitrogen and oxygen atoms in total. The van der Waals surface area contributed by atoms with Gasteiger partial charge in [-0.25, -0.2) is 4.79 Å². The van der Waals surface area contributed by atoms with E-state index >= 15 is 0 Å². The second-order valence-electron chi connectivity index (χ2n) is 4.72. The zero-order valence-corrected chi connectivity index (χ0v) is 11.0. The third kappa shape index (κ3) is 4.44. The highest BCUT2D eigenvalue weighted by Crippen LogP contribution is 2.10. The van der Waals surface area contributed by atoms with Crippen LogP contribution in [0, 0.1) is 0 Å². The number of primary amides is 1. The summed E-state index contributed by atoms with van der Waals surface area (Å²) in [6.07, 6.45) is 1.91. The molecule has 5 heteroatoms. The Kier molecular flexibility index (Phi) is 5.03. The maximum absolute atomic E-state index is 11.0. The van der Waals surface area contributed by atoms with Crippen molar-refractivity contribution < 1.29 is 9.53 Å². The quantitative estimate of drug-likeness (QED) is 0.784. The molecule has 0 spiro atoms. The van der Waals surface area contributed by atoms with E-state index in [1.54, 1.807) is 4.90 Å². The summed E-state index contributed by atoms with van der Waals surface area (Å²) in [5, 5.41) is 3.45. The SMILES string of the molecule is NC(=O)N1CCC(NCCOc2ccccc2)CC1. The summed E-state index contributed by atoms with van der Waals surface area (Å²) < 4.78 is 5.61. The van der Waals surface area contributed by atoms with Gasteiger partial charge in [0.2, 0.25) is 0 Å². The number of para-hydroxylation sites is 1. The van der Waals surface area contributed by atoms with Crippen LogP contribution in [0.1, 0.15) is 12.8 Å². The predicted molar refractivity (Wildman–Crippen MR) is 74.1 cm³/mol. The number of piperidine rings is 1. The van der Waals surface area contributed by atoms with E-state index in [9.17, 15) is 4.79 Å². The molecule has 1 aromatic rings. The minimum Gasteiger partial charge on any atom is -0.492 e. The fourth-order valence-electron chi connectivity index (χ4n) is 2.25. The van der Waals surface area contributed by atoms with E-state index in [1.807, 2.05) is 30.3 Å². The van der Waals surface area contributed by atoms with Gasteiger partial charge in [0.05, 0.1) is 0 Å². The molecular weight excluding hydrogens is 242 g/mol. The molecule has 1 saturated heterocycles. The Labute approximate surface area is 113 Å². The average Bonchev–Trinajstić information content (AvgIpc) is 2.45. The third-order valence-corrected chi connectivity index (χ3v) is 3.35. The Morgan fingerprint density at radius 3 is 2.63 bits per heavy atom. The number of hydrogen-bond acceptors (Lipinski definition) is 3. The van der Waals surface area contributed by atoms with Gasteiger partial charge in [0.1, 0.15) is 12.4 Å². The van der Waals surface area contributed by atoms with E-state index < -0.39 is 0 Å². The summed E-state index contributed by atoms with van der Waals surface area (Å²) in [5.41, 5.74) is 5.25. The van der Waals surface area contributed by atoms with E-state index in [0.717, 1.165) is 38.2 Å². The maximum Gasteiger partial charge on any atom is 0.314 e. The van der Waals surface area contributed by atoms with Crippen LogP contribution in [0.15, 0.2) is 30.3 Å². The number of likely N-dealkylation sites (tertiary alicyclic amines) is 1. The molecule has 19 heavy (non-hydrogen) atoms. The number of nitrogens with one attached hydrogen (secondary N) is 1. The molecule has 0 bridgehead atoms. The van der Waals surface area contributed by atoms with Crippen molar-refractivity contribution in [1.29, 1.82) is 0 Å². The molecule has 0 atom stereocenters. The number of carbonyl (C=O) groups is 1. The highest BCUT2D eigenvalue weighted by atomic mass is 16.5. The van der Waals surface area contributed by atoms with E-state index in [1.165, 1.54) is 0 Å². The fraction of sp³-hybridized carbons (Fsp3) is 0.500. The minimum atomic E-state index is -0.314. The van der Waals surface area contributed by atoms with E-state index in [-0.39, 0.29) is 6.03 Å². The summed E-state index contributed by atoms with van der Waals surface area (Å²) in [6, 6.07) is 9.93. The lowest BCUT2D eigenvalue weighted by atomic mass is 10.1. The zero-order valence-electron chi connectivity index (χ0n) is 11.0. The number of amides is 2. The molecule has 2 rings (SSSR count). The van der Waals surface area contributed by atoms with Gasteiger partial charge in [-0.1, -0.05) is 18.2 Å². The van der Waals surface area contributed by atoms with Gasteiger partial charge in [-0.05, 0) is 25.0 Å². The van der Waals surface area contributed by atoms with Crippen molar-refractivity contribution in [1.82, 2.24) is 10.2 Å². The van der Waals surface area contributed by atoms with E-state index in [0.29, 0.717) is 12.6 Å². The summed E-state index contributed by atoms with van der Waals surface area (Å²) in [7, 11) is 0. The molecular formula is C14H21N3O2. The first-order valence-electron chi connectivity index (χ1n) is 6.71. The van der Waals surface area contributed by atoms with E-state index in [2.05, 4.69) is 5.32 Å². The lowest BCUT2D eigenvalue weighted by molar-refractivity contribution is 0.183. The monoisotopic (exact) mass is 263 g/mol. The molecule has 0 unspecified atom stereocenters. The third-order valence-electron chi connectivity index (χ3n) is 3.35. The van der Waals surface area contributed by atoms with Crippen molar-refractivity contribution in [3.05, 3.63) is 30.3 Å². The van der Waals surface area contributed by atoms with Gasteiger partial charge in [0.25, 0.3) is 0 Å². The van der Waals surface area contributed by atoms with Crippen LogP contribution < -0.4 is 15.8 Å². The molecule has 0 aliphatic carbocycles. The van der Waals surface area contributed by atoms with Crippen LogP contribution in [0.4, 0.5) is 4.79 Å². The normalized spacial score (nSPS) is 16.3. The minimum absolute atomic E-state index is 0.314. The summed E-state index contributed by atoms with van der Waals surface area (Å²) in [5.74, 6) is 0.896. The zero-order chi connectivity index (χ0) is 13.5. The van der Waals surface area contributed by atoms with Gasteiger partial charge >= 0.3 is 6.03 Å². The van der Waals surface area contributed by atoms with Crippen LogP contribution in [0.5, 0.6) is 5.75 Å². The Morgan fingerprint density at radius 1 is 1.32 bits per heavy atom. The van der Waals surface area contributed by atoms with Gasteiger partial charge in [-0.2, -0.15) is 0 Å². The number of nitrogens with zero attached hydrogens (tertiary/aromatic N) is 1. The first-order chi connectivity index (χ1) is 9.25. The molecule has 3 N–H and O–H groups in total. The largest absolute Gasteiger partial charge is 0.492 e. The number of carbonyl (C=O) groups excluding carboxylic acids is 1. The molecule has 2 amide bonds.